The number of rotatable bonds is 4. The first-order valence-corrected chi connectivity index (χ1v) is 11.5. The van der Waals surface area contributed by atoms with Crippen LogP contribution in [-0.2, 0) is 9.53 Å². The first kappa shape index (κ1) is 23.6. The quantitative estimate of drug-likeness (QED) is 0.693. The van der Waals surface area contributed by atoms with Crippen molar-refractivity contribution in [1.29, 1.82) is 0 Å². The zero-order valence-electron chi connectivity index (χ0n) is 19.7. The average molecular weight is 467 g/mol. The summed E-state index contributed by atoms with van der Waals surface area (Å²) in [6, 6.07) is 11.9. The van der Waals surface area contributed by atoms with Crippen molar-refractivity contribution >= 4 is 18.0 Å². The summed E-state index contributed by atoms with van der Waals surface area (Å²) in [4.78, 5) is 38.8. The lowest BCUT2D eigenvalue weighted by molar-refractivity contribution is -0.137. The van der Waals surface area contributed by atoms with Gasteiger partial charge in [-0.3, -0.25) is 9.59 Å². The largest absolute Gasteiger partial charge is 0.481 e. The fraction of sp³-hybridized carbons (Fsp3) is 0.423. The molecule has 1 saturated heterocycles. The zero-order valence-corrected chi connectivity index (χ0v) is 19.7. The Hall–Kier alpha value is -3.55. The van der Waals surface area contributed by atoms with Crippen LogP contribution in [0.4, 0.5) is 4.79 Å². The number of carbonyl (C=O) groups is 3. The van der Waals surface area contributed by atoms with E-state index in [0.29, 0.717) is 47.8 Å². The number of nitrogens with one attached hydrogen (secondary N) is 1. The van der Waals surface area contributed by atoms with E-state index >= 15 is 0 Å². The Kier molecular flexibility index (Phi) is 6.50. The predicted octanol–water partition coefficient (Wildman–Crippen LogP) is 4.39. The lowest BCUT2D eigenvalue weighted by Gasteiger charge is -2.33. The summed E-state index contributed by atoms with van der Waals surface area (Å²) in [5, 5.41) is 12.8. The first-order chi connectivity index (χ1) is 16.1. The Morgan fingerprint density at radius 1 is 1.06 bits per heavy atom. The minimum absolute atomic E-state index is 0.252. The Labute approximate surface area is 198 Å². The van der Waals surface area contributed by atoms with Crippen LogP contribution in [0.5, 0.6) is 11.5 Å². The SMILES string of the molecule is CC(C)(C)OC(=O)N1CCC(CNC(=O)c2ccc3c(c2)C(C(=O)O)c2ccccc2O3)CC1. The standard InChI is InChI=1S/C26H30N2O6/c1-26(2,3)34-25(32)28-12-10-16(11-13-28)15-27-23(29)17-8-9-21-19(14-17)22(24(30)31)18-6-4-5-7-20(18)33-21/h4-9,14,16,22H,10-13,15H2,1-3H3,(H,27,29)(H,30,31). The van der Waals surface area contributed by atoms with Crippen LogP contribution < -0.4 is 10.1 Å². The highest BCUT2D eigenvalue weighted by Crippen LogP contribution is 2.44. The van der Waals surface area contributed by atoms with E-state index in [9.17, 15) is 19.5 Å². The third-order valence-corrected chi connectivity index (χ3v) is 6.10. The number of aliphatic carboxylic acids is 1. The molecule has 8 nitrogen and oxygen atoms in total. The van der Waals surface area contributed by atoms with Crippen molar-refractivity contribution in [1.82, 2.24) is 10.2 Å². The number of hydrogen-bond acceptors (Lipinski definition) is 5. The Morgan fingerprint density at radius 3 is 2.41 bits per heavy atom. The Balaban J connectivity index is 1.37. The van der Waals surface area contributed by atoms with Gasteiger partial charge in [0.15, 0.2) is 0 Å². The molecule has 0 radical (unpaired) electrons. The maximum atomic E-state index is 12.8. The second-order valence-electron chi connectivity index (χ2n) is 9.78. The molecule has 180 valence electrons. The van der Waals surface area contributed by atoms with E-state index in [-0.39, 0.29) is 17.9 Å². The van der Waals surface area contributed by atoms with Gasteiger partial charge in [0.2, 0.25) is 0 Å². The number of nitrogens with zero attached hydrogens (tertiary/aromatic N) is 1. The van der Waals surface area contributed by atoms with Gasteiger partial charge >= 0.3 is 12.1 Å². The molecule has 1 atom stereocenters. The summed E-state index contributed by atoms with van der Waals surface area (Å²) in [6.07, 6.45) is 1.24. The van der Waals surface area contributed by atoms with Crippen LogP contribution in [0.3, 0.4) is 0 Å². The van der Waals surface area contributed by atoms with Crippen molar-refractivity contribution in [3.63, 3.8) is 0 Å². The topological polar surface area (TPSA) is 105 Å². The van der Waals surface area contributed by atoms with E-state index in [1.54, 1.807) is 47.4 Å². The molecule has 8 heteroatoms. The molecular formula is C26H30N2O6. The highest BCUT2D eigenvalue weighted by Gasteiger charge is 2.33. The summed E-state index contributed by atoms with van der Waals surface area (Å²) in [7, 11) is 0. The minimum atomic E-state index is -0.994. The molecule has 2 heterocycles. The molecule has 1 fully saturated rings. The molecular weight excluding hydrogens is 436 g/mol. The van der Waals surface area contributed by atoms with Crippen molar-refractivity contribution in [3.05, 3.63) is 59.2 Å². The van der Waals surface area contributed by atoms with Crippen molar-refractivity contribution in [2.24, 2.45) is 5.92 Å². The third-order valence-electron chi connectivity index (χ3n) is 6.10. The van der Waals surface area contributed by atoms with E-state index in [0.717, 1.165) is 12.8 Å². The number of carboxylic acid groups (broad SMARTS) is 1. The number of likely N-dealkylation sites (tertiary alicyclic amines) is 1. The molecule has 2 aromatic carbocycles. The molecule has 0 spiro atoms. The predicted molar refractivity (Wildman–Crippen MR) is 125 cm³/mol. The minimum Gasteiger partial charge on any atom is -0.481 e. The average Bonchev–Trinajstić information content (AvgIpc) is 2.79. The summed E-state index contributed by atoms with van der Waals surface area (Å²) < 4.78 is 11.3. The van der Waals surface area contributed by atoms with Crippen molar-refractivity contribution < 1.29 is 29.0 Å². The van der Waals surface area contributed by atoms with Gasteiger partial charge < -0.3 is 24.8 Å². The van der Waals surface area contributed by atoms with Gasteiger partial charge in [0.1, 0.15) is 23.0 Å². The van der Waals surface area contributed by atoms with Gasteiger partial charge in [-0.15, -0.1) is 0 Å². The summed E-state index contributed by atoms with van der Waals surface area (Å²) in [5.74, 6) is -0.951. The Morgan fingerprint density at radius 2 is 1.74 bits per heavy atom. The van der Waals surface area contributed by atoms with Crippen LogP contribution in [-0.4, -0.2) is 53.2 Å². The number of benzene rings is 2. The van der Waals surface area contributed by atoms with Crippen LogP contribution in [0.15, 0.2) is 42.5 Å². The third kappa shape index (κ3) is 5.16. The number of hydrogen-bond donors (Lipinski definition) is 2. The zero-order chi connectivity index (χ0) is 24.5. The van der Waals surface area contributed by atoms with Gasteiger partial charge in [0.25, 0.3) is 5.91 Å². The van der Waals surface area contributed by atoms with Crippen molar-refractivity contribution in [3.8, 4) is 11.5 Å². The van der Waals surface area contributed by atoms with E-state index < -0.39 is 17.5 Å². The molecule has 0 bridgehead atoms. The van der Waals surface area contributed by atoms with Gasteiger partial charge in [-0.2, -0.15) is 0 Å². The van der Waals surface area contributed by atoms with Crippen LogP contribution in [0.2, 0.25) is 0 Å². The summed E-state index contributed by atoms with van der Waals surface area (Å²) in [5.41, 5.74) is 0.893. The maximum absolute atomic E-state index is 12.8. The fourth-order valence-electron chi connectivity index (χ4n) is 4.36. The monoisotopic (exact) mass is 466 g/mol. The molecule has 34 heavy (non-hydrogen) atoms. The molecule has 0 aliphatic carbocycles. The van der Waals surface area contributed by atoms with E-state index in [1.807, 2.05) is 20.8 Å². The van der Waals surface area contributed by atoms with Crippen LogP contribution in [0, 0.1) is 5.92 Å². The lowest BCUT2D eigenvalue weighted by Crippen LogP contribution is -2.43. The van der Waals surface area contributed by atoms with E-state index in [2.05, 4.69) is 5.32 Å². The van der Waals surface area contributed by atoms with Crippen LogP contribution in [0.25, 0.3) is 0 Å². The number of piperidine rings is 1. The summed E-state index contributed by atoms with van der Waals surface area (Å²) >= 11 is 0. The van der Waals surface area contributed by atoms with E-state index in [1.165, 1.54) is 0 Å². The van der Waals surface area contributed by atoms with E-state index in [4.69, 9.17) is 9.47 Å². The fourth-order valence-corrected chi connectivity index (χ4v) is 4.36. The molecule has 0 aromatic heterocycles. The number of amides is 2. The van der Waals surface area contributed by atoms with Gasteiger partial charge in [0, 0.05) is 36.3 Å². The first-order valence-electron chi connectivity index (χ1n) is 11.5. The molecule has 0 saturated carbocycles. The smallest absolute Gasteiger partial charge is 0.410 e. The summed E-state index contributed by atoms with van der Waals surface area (Å²) in [6.45, 7) is 7.20. The lowest BCUT2D eigenvalue weighted by atomic mass is 9.87. The second kappa shape index (κ2) is 9.37. The highest BCUT2D eigenvalue weighted by atomic mass is 16.6. The van der Waals surface area contributed by atoms with Crippen molar-refractivity contribution in [2.45, 2.75) is 45.1 Å². The molecule has 2 aromatic rings. The molecule has 2 amide bonds. The van der Waals surface area contributed by atoms with Crippen LogP contribution >= 0.6 is 0 Å². The number of fused-ring (bicyclic) bond motifs is 2. The van der Waals surface area contributed by atoms with Gasteiger partial charge in [-0.05, 0) is 63.8 Å². The molecule has 2 aliphatic heterocycles. The van der Waals surface area contributed by atoms with Crippen LogP contribution in [0.1, 0.15) is 61.0 Å². The van der Waals surface area contributed by atoms with Gasteiger partial charge in [-0.1, -0.05) is 18.2 Å². The number of carboxylic acids is 1. The molecule has 2 N–H and O–H groups in total. The number of ether oxygens (including phenoxy) is 2. The van der Waals surface area contributed by atoms with Gasteiger partial charge in [-0.25, -0.2) is 4.79 Å². The number of para-hydroxylation sites is 1. The molecule has 2 aliphatic rings. The maximum Gasteiger partial charge on any atom is 0.410 e. The van der Waals surface area contributed by atoms with Crippen molar-refractivity contribution in [2.75, 3.05) is 19.6 Å². The molecule has 1 unspecified atom stereocenters. The number of carbonyl (C=O) groups excluding carboxylic acids is 2. The Bertz CT molecular complexity index is 1100. The second-order valence-corrected chi connectivity index (χ2v) is 9.78. The van der Waals surface area contributed by atoms with Gasteiger partial charge in [0.05, 0.1) is 0 Å². The normalized spacial score (nSPS) is 17.7. The highest BCUT2D eigenvalue weighted by molar-refractivity contribution is 5.95. The molecule has 4 rings (SSSR count).